The fourth-order valence-electron chi connectivity index (χ4n) is 1.83. The molecular weight excluding hydrogens is 283 g/mol. The smallest absolute Gasteiger partial charge is 0.274 e. The first-order valence-electron chi connectivity index (χ1n) is 5.38. The molecule has 0 saturated carbocycles. The van der Waals surface area contributed by atoms with Gasteiger partial charge in [0.25, 0.3) is 5.56 Å². The van der Waals surface area contributed by atoms with Gasteiger partial charge in [0.2, 0.25) is 0 Å². The van der Waals surface area contributed by atoms with Crippen LogP contribution in [-0.4, -0.2) is 9.97 Å². The Morgan fingerprint density at radius 1 is 0.895 bits per heavy atom. The molecule has 1 aromatic carbocycles. The first-order chi connectivity index (χ1) is 8.34. The maximum atomic E-state index is 11.6. The maximum absolute atomic E-state index is 11.6. The zero-order valence-corrected chi connectivity index (χ0v) is 11.5. The van der Waals surface area contributed by atoms with Crippen molar-refractivity contribution >= 4 is 35.7 Å². The van der Waals surface area contributed by atoms with Crippen molar-refractivity contribution in [1.29, 1.82) is 0 Å². The lowest BCUT2D eigenvalue weighted by atomic mass is 10.1. The molecule has 1 N–H and O–H groups in total. The number of aromatic nitrogens is 2. The highest BCUT2D eigenvalue weighted by Gasteiger charge is 2.03. The van der Waals surface area contributed by atoms with Crippen LogP contribution in [0, 0.1) is 0 Å². The molecule has 0 aliphatic rings. The van der Waals surface area contributed by atoms with Gasteiger partial charge >= 0.3 is 0 Å². The molecule has 2 aromatic heterocycles. The summed E-state index contributed by atoms with van der Waals surface area (Å²) < 4.78 is 0. The van der Waals surface area contributed by atoms with Gasteiger partial charge in [0.15, 0.2) is 0 Å². The predicted molar refractivity (Wildman–Crippen MR) is 82.3 cm³/mol. The van der Waals surface area contributed by atoms with Crippen LogP contribution in [0.3, 0.4) is 0 Å². The highest BCUT2D eigenvalue weighted by atomic mass is 35.5. The third-order valence-corrected chi connectivity index (χ3v) is 2.69. The molecule has 0 fully saturated rings. The number of rotatable bonds is 1. The highest BCUT2D eigenvalue weighted by Crippen LogP contribution is 2.18. The van der Waals surface area contributed by atoms with Crippen molar-refractivity contribution in [2.45, 2.75) is 0 Å². The Balaban J connectivity index is 0.000000902. The van der Waals surface area contributed by atoms with Crippen LogP contribution in [0.4, 0.5) is 0 Å². The molecule has 0 aliphatic carbocycles. The lowest BCUT2D eigenvalue weighted by Gasteiger charge is -2.02. The number of hydrogen-bond acceptors (Lipinski definition) is 2. The lowest BCUT2D eigenvalue weighted by Crippen LogP contribution is -2.06. The largest absolute Gasteiger partial charge is 0.327 e. The molecule has 0 aliphatic heterocycles. The zero-order chi connectivity index (χ0) is 11.7. The van der Waals surface area contributed by atoms with E-state index in [0.717, 1.165) is 16.6 Å². The minimum Gasteiger partial charge on any atom is -0.327 e. The summed E-state index contributed by atoms with van der Waals surface area (Å²) >= 11 is 0. The van der Waals surface area contributed by atoms with E-state index in [1.807, 2.05) is 48.5 Å². The van der Waals surface area contributed by atoms with E-state index in [1.165, 1.54) is 0 Å². The standard InChI is InChI=1S/C14H10N2O.2ClH/c17-14-13-11(8-9-15-14)6-7-12(16-13)10-4-2-1-3-5-10;;/h1-9H,(H,15,17);2*1H. The highest BCUT2D eigenvalue weighted by molar-refractivity contribution is 5.85. The summed E-state index contributed by atoms with van der Waals surface area (Å²) in [7, 11) is 0. The molecular formula is C14H12Cl2N2O. The molecule has 0 spiro atoms. The number of pyridine rings is 2. The molecule has 3 rings (SSSR count). The van der Waals surface area contributed by atoms with Gasteiger partial charge in [0.05, 0.1) is 5.69 Å². The first kappa shape index (κ1) is 15.2. The second-order valence-corrected chi connectivity index (χ2v) is 3.81. The molecule has 2 heterocycles. The zero-order valence-electron chi connectivity index (χ0n) is 9.87. The van der Waals surface area contributed by atoms with Gasteiger partial charge in [-0.15, -0.1) is 24.8 Å². The van der Waals surface area contributed by atoms with Gasteiger partial charge in [-0.3, -0.25) is 4.79 Å². The van der Waals surface area contributed by atoms with E-state index in [0.29, 0.717) is 5.52 Å². The van der Waals surface area contributed by atoms with Gasteiger partial charge in [-0.05, 0) is 12.1 Å². The topological polar surface area (TPSA) is 45.8 Å². The van der Waals surface area contributed by atoms with E-state index in [4.69, 9.17) is 0 Å². The Morgan fingerprint density at radius 3 is 2.37 bits per heavy atom. The number of aromatic amines is 1. The maximum Gasteiger partial charge on any atom is 0.274 e. The first-order valence-corrected chi connectivity index (χ1v) is 5.38. The normalized spacial score (nSPS) is 9.47. The Bertz CT molecular complexity index is 726. The average molecular weight is 295 g/mol. The van der Waals surface area contributed by atoms with Crippen LogP contribution in [0.1, 0.15) is 0 Å². The molecule has 0 radical (unpaired) electrons. The minimum absolute atomic E-state index is 0. The van der Waals surface area contributed by atoms with Crippen molar-refractivity contribution < 1.29 is 0 Å². The third kappa shape index (κ3) is 2.95. The SMILES string of the molecule is Cl.Cl.O=c1[nH]ccc2ccc(-c3ccccc3)nc12. The van der Waals surface area contributed by atoms with Crippen molar-refractivity contribution in [3.8, 4) is 11.3 Å². The second-order valence-electron chi connectivity index (χ2n) is 3.81. The third-order valence-electron chi connectivity index (χ3n) is 2.69. The van der Waals surface area contributed by atoms with Crippen molar-refractivity contribution in [2.75, 3.05) is 0 Å². The van der Waals surface area contributed by atoms with Crippen molar-refractivity contribution in [3.05, 3.63) is 65.1 Å². The van der Waals surface area contributed by atoms with Crippen molar-refractivity contribution in [1.82, 2.24) is 9.97 Å². The number of H-pyrrole nitrogens is 1. The summed E-state index contributed by atoms with van der Waals surface area (Å²) in [6.45, 7) is 0. The monoisotopic (exact) mass is 294 g/mol. The molecule has 98 valence electrons. The number of fused-ring (bicyclic) bond motifs is 1. The van der Waals surface area contributed by atoms with Crippen molar-refractivity contribution in [3.63, 3.8) is 0 Å². The molecule has 0 unspecified atom stereocenters. The fraction of sp³-hybridized carbons (Fsp3) is 0. The second kappa shape index (κ2) is 6.36. The fourth-order valence-corrected chi connectivity index (χ4v) is 1.83. The van der Waals surface area contributed by atoms with Gasteiger partial charge in [0, 0.05) is 17.1 Å². The summed E-state index contributed by atoms with van der Waals surface area (Å²) in [5.41, 5.74) is 2.15. The molecule has 0 amide bonds. The molecule has 5 heteroatoms. The van der Waals surface area contributed by atoms with Crippen LogP contribution >= 0.6 is 24.8 Å². The summed E-state index contributed by atoms with van der Waals surface area (Å²) in [5.74, 6) is 0. The van der Waals surface area contributed by atoms with E-state index < -0.39 is 0 Å². The number of nitrogens with one attached hydrogen (secondary N) is 1. The quantitative estimate of drug-likeness (QED) is 0.747. The summed E-state index contributed by atoms with van der Waals surface area (Å²) in [5, 5.41) is 0.855. The van der Waals surface area contributed by atoms with Gasteiger partial charge in [-0.2, -0.15) is 0 Å². The molecule has 0 saturated heterocycles. The number of benzene rings is 1. The van der Waals surface area contributed by atoms with E-state index in [9.17, 15) is 4.79 Å². The molecule has 3 aromatic rings. The van der Waals surface area contributed by atoms with Gasteiger partial charge in [-0.1, -0.05) is 36.4 Å². The Morgan fingerprint density at radius 2 is 1.63 bits per heavy atom. The minimum atomic E-state index is -0.153. The molecule has 3 nitrogen and oxygen atoms in total. The van der Waals surface area contributed by atoms with Crippen LogP contribution in [0.25, 0.3) is 22.2 Å². The van der Waals surface area contributed by atoms with Gasteiger partial charge < -0.3 is 4.98 Å². The number of nitrogens with zero attached hydrogens (tertiary/aromatic N) is 1. The van der Waals surface area contributed by atoms with Crippen LogP contribution in [0.2, 0.25) is 0 Å². The summed E-state index contributed by atoms with van der Waals surface area (Å²) in [6.07, 6.45) is 1.63. The van der Waals surface area contributed by atoms with Gasteiger partial charge in [0.1, 0.15) is 5.52 Å². The van der Waals surface area contributed by atoms with E-state index in [-0.39, 0.29) is 30.4 Å². The van der Waals surface area contributed by atoms with Gasteiger partial charge in [-0.25, -0.2) is 4.98 Å². The predicted octanol–water partition coefficient (Wildman–Crippen LogP) is 3.43. The van der Waals surface area contributed by atoms with Crippen LogP contribution in [0.5, 0.6) is 0 Å². The van der Waals surface area contributed by atoms with Crippen molar-refractivity contribution in [2.24, 2.45) is 0 Å². The Kier molecular flexibility index (Phi) is 5.10. The van der Waals surface area contributed by atoms with Crippen LogP contribution < -0.4 is 5.56 Å². The average Bonchev–Trinajstić information content (AvgIpc) is 2.40. The lowest BCUT2D eigenvalue weighted by molar-refractivity contribution is 1.24. The van der Waals surface area contributed by atoms with Crippen LogP contribution in [0.15, 0.2) is 59.5 Å². The number of hydrogen-bond donors (Lipinski definition) is 1. The Labute approximate surface area is 122 Å². The molecule has 0 bridgehead atoms. The van der Waals surface area contributed by atoms with E-state index in [2.05, 4.69) is 9.97 Å². The van der Waals surface area contributed by atoms with E-state index in [1.54, 1.807) is 6.20 Å². The van der Waals surface area contributed by atoms with E-state index >= 15 is 0 Å². The molecule has 19 heavy (non-hydrogen) atoms. The summed E-state index contributed by atoms with van der Waals surface area (Å²) in [6, 6.07) is 15.5. The summed E-state index contributed by atoms with van der Waals surface area (Å²) in [4.78, 5) is 18.7. The Hall–Kier alpha value is -1.84. The van der Waals surface area contributed by atoms with Crippen LogP contribution in [-0.2, 0) is 0 Å². The number of halogens is 2. The molecule has 0 atom stereocenters.